The lowest BCUT2D eigenvalue weighted by Gasteiger charge is -2.19. The van der Waals surface area contributed by atoms with E-state index < -0.39 is 0 Å². The number of hydrogen-bond acceptors (Lipinski definition) is 1. The van der Waals surface area contributed by atoms with Crippen LogP contribution < -0.4 is 0 Å². The second kappa shape index (κ2) is 4.57. The van der Waals surface area contributed by atoms with E-state index in [1.165, 1.54) is 27.2 Å². The van der Waals surface area contributed by atoms with Gasteiger partial charge in [-0.05, 0) is 34.9 Å². The Kier molecular flexibility index (Phi) is 2.77. The van der Waals surface area contributed by atoms with Crippen molar-refractivity contribution in [2.45, 2.75) is 27.2 Å². The number of imidazole rings is 1. The lowest BCUT2D eigenvalue weighted by Crippen LogP contribution is -2.09. The summed E-state index contributed by atoms with van der Waals surface area (Å²) in [7, 11) is 0. The number of aromatic nitrogens is 2. The van der Waals surface area contributed by atoms with Crippen LogP contribution in [0.2, 0.25) is 0 Å². The molecule has 0 N–H and O–H groups in total. The first-order valence-corrected chi connectivity index (χ1v) is 7.79. The first kappa shape index (κ1) is 13.3. The molecule has 4 rings (SSSR count). The summed E-state index contributed by atoms with van der Waals surface area (Å²) in [4.78, 5) is 4.54. The number of nitrogens with zero attached hydrogens (tertiary/aromatic N) is 2. The minimum atomic E-state index is 0.294. The van der Waals surface area contributed by atoms with Crippen molar-refractivity contribution < 1.29 is 0 Å². The molecule has 2 nitrogen and oxygen atoms in total. The van der Waals surface area contributed by atoms with E-state index in [1.807, 2.05) is 12.4 Å². The molecule has 0 saturated carbocycles. The Balaban J connectivity index is 2.11. The molecule has 110 valence electrons. The van der Waals surface area contributed by atoms with Gasteiger partial charge in [0.2, 0.25) is 0 Å². The minimum absolute atomic E-state index is 0.294. The monoisotopic (exact) mass is 288 g/mol. The van der Waals surface area contributed by atoms with Crippen LogP contribution in [0.15, 0.2) is 54.9 Å². The fourth-order valence-electron chi connectivity index (χ4n) is 3.34. The van der Waals surface area contributed by atoms with Crippen molar-refractivity contribution in [1.29, 1.82) is 0 Å². The van der Waals surface area contributed by atoms with Crippen LogP contribution >= 0.6 is 0 Å². The zero-order valence-electron chi connectivity index (χ0n) is 13.3. The van der Waals surface area contributed by atoms with Gasteiger partial charge >= 0.3 is 0 Å². The van der Waals surface area contributed by atoms with Gasteiger partial charge in [0.1, 0.15) is 5.65 Å². The van der Waals surface area contributed by atoms with E-state index in [9.17, 15) is 0 Å². The second-order valence-corrected chi connectivity index (χ2v) is 7.26. The average Bonchev–Trinajstić information content (AvgIpc) is 2.95. The maximum atomic E-state index is 4.54. The zero-order valence-corrected chi connectivity index (χ0v) is 13.3. The number of rotatable bonds is 1. The third-order valence-corrected chi connectivity index (χ3v) is 4.15. The molecule has 0 atom stereocenters. The predicted octanol–water partition coefficient (Wildman–Crippen LogP) is 5.23. The number of hydrogen-bond donors (Lipinski definition) is 0. The first-order chi connectivity index (χ1) is 10.5. The molecule has 0 fully saturated rings. The molecule has 0 aliphatic carbocycles. The largest absolute Gasteiger partial charge is 0.299 e. The minimum Gasteiger partial charge on any atom is -0.299 e. The van der Waals surface area contributed by atoms with Crippen LogP contribution in [0.4, 0.5) is 0 Å². The Morgan fingerprint density at radius 3 is 2.50 bits per heavy atom. The van der Waals surface area contributed by atoms with Crippen molar-refractivity contribution in [2.75, 3.05) is 0 Å². The van der Waals surface area contributed by atoms with Crippen molar-refractivity contribution in [3.63, 3.8) is 0 Å². The molecular formula is C20H20N2. The smallest absolute Gasteiger partial charge is 0.145 e. The van der Waals surface area contributed by atoms with Crippen molar-refractivity contribution in [3.05, 3.63) is 60.4 Å². The molecule has 2 aromatic heterocycles. The van der Waals surface area contributed by atoms with Gasteiger partial charge in [0.15, 0.2) is 0 Å². The molecule has 22 heavy (non-hydrogen) atoms. The Bertz CT molecular complexity index is 987. The van der Waals surface area contributed by atoms with Gasteiger partial charge in [0.25, 0.3) is 0 Å². The van der Waals surface area contributed by atoms with E-state index in [0.717, 1.165) is 12.1 Å². The highest BCUT2D eigenvalue weighted by atomic mass is 15.0. The summed E-state index contributed by atoms with van der Waals surface area (Å²) in [6.45, 7) is 6.86. The molecule has 0 radical (unpaired) electrons. The molecule has 0 amide bonds. The van der Waals surface area contributed by atoms with Gasteiger partial charge in [-0.25, -0.2) is 4.98 Å². The second-order valence-electron chi connectivity index (χ2n) is 7.26. The van der Waals surface area contributed by atoms with E-state index in [0.29, 0.717) is 5.41 Å². The van der Waals surface area contributed by atoms with E-state index >= 15 is 0 Å². The maximum absolute atomic E-state index is 4.54. The van der Waals surface area contributed by atoms with Gasteiger partial charge in [-0.3, -0.25) is 4.40 Å². The van der Waals surface area contributed by atoms with Crippen LogP contribution in [0, 0.1) is 5.41 Å². The van der Waals surface area contributed by atoms with Gasteiger partial charge in [0.05, 0.1) is 5.52 Å². The molecule has 0 unspecified atom stereocenters. The van der Waals surface area contributed by atoms with E-state index in [-0.39, 0.29) is 0 Å². The summed E-state index contributed by atoms with van der Waals surface area (Å²) < 4.78 is 2.19. The average molecular weight is 288 g/mol. The molecule has 0 aliphatic rings. The molecule has 0 spiro atoms. The third-order valence-electron chi connectivity index (χ3n) is 4.15. The molecular weight excluding hydrogens is 268 g/mol. The molecule has 2 heteroatoms. The lowest BCUT2D eigenvalue weighted by molar-refractivity contribution is 0.411. The predicted molar refractivity (Wildman–Crippen MR) is 93.4 cm³/mol. The fourth-order valence-corrected chi connectivity index (χ4v) is 3.34. The normalized spacial score (nSPS) is 12.5. The number of benzene rings is 2. The van der Waals surface area contributed by atoms with E-state index in [4.69, 9.17) is 0 Å². The van der Waals surface area contributed by atoms with Gasteiger partial charge in [-0.1, -0.05) is 51.1 Å². The van der Waals surface area contributed by atoms with Crippen LogP contribution in [0.1, 0.15) is 26.3 Å². The number of pyridine rings is 1. The molecule has 0 aliphatic heterocycles. The van der Waals surface area contributed by atoms with Crippen LogP contribution in [0.5, 0.6) is 0 Å². The lowest BCUT2D eigenvalue weighted by atomic mass is 9.87. The zero-order chi connectivity index (χ0) is 15.3. The van der Waals surface area contributed by atoms with Gasteiger partial charge in [-0.2, -0.15) is 0 Å². The molecule has 0 bridgehead atoms. The van der Waals surface area contributed by atoms with Crippen molar-refractivity contribution >= 4 is 27.3 Å². The van der Waals surface area contributed by atoms with Crippen LogP contribution in [-0.2, 0) is 6.42 Å². The SMILES string of the molecule is CC(C)(C)Cc1ccc2c(c1)c1ccccc1c1nccn21. The summed E-state index contributed by atoms with van der Waals surface area (Å²) >= 11 is 0. The summed E-state index contributed by atoms with van der Waals surface area (Å²) in [5.74, 6) is 0. The molecule has 2 aromatic carbocycles. The van der Waals surface area contributed by atoms with Crippen molar-refractivity contribution in [2.24, 2.45) is 5.41 Å². The first-order valence-electron chi connectivity index (χ1n) is 7.79. The molecule has 4 aromatic rings. The molecule has 2 heterocycles. The summed E-state index contributed by atoms with van der Waals surface area (Å²) in [6.07, 6.45) is 5.01. The Morgan fingerprint density at radius 1 is 0.955 bits per heavy atom. The fraction of sp³-hybridized carbons (Fsp3) is 0.250. The van der Waals surface area contributed by atoms with Crippen LogP contribution in [0.25, 0.3) is 27.3 Å². The quantitative estimate of drug-likeness (QED) is 0.438. The highest BCUT2D eigenvalue weighted by Crippen LogP contribution is 2.31. The third kappa shape index (κ3) is 2.07. The summed E-state index contributed by atoms with van der Waals surface area (Å²) in [5, 5.41) is 3.81. The standard InChI is InChI=1S/C20H20N2/c1-20(2,3)13-14-8-9-18-17(12-14)15-6-4-5-7-16(15)19-21-10-11-22(18)19/h4-12H,13H2,1-3H3. The van der Waals surface area contributed by atoms with Gasteiger partial charge in [-0.15, -0.1) is 0 Å². The highest BCUT2D eigenvalue weighted by Gasteiger charge is 2.13. The van der Waals surface area contributed by atoms with Crippen molar-refractivity contribution in [3.8, 4) is 0 Å². The van der Waals surface area contributed by atoms with Gasteiger partial charge < -0.3 is 0 Å². The molecule has 0 saturated heterocycles. The summed E-state index contributed by atoms with van der Waals surface area (Å²) in [5.41, 5.74) is 3.95. The van der Waals surface area contributed by atoms with E-state index in [1.54, 1.807) is 0 Å². The Morgan fingerprint density at radius 2 is 1.73 bits per heavy atom. The topological polar surface area (TPSA) is 17.3 Å². The van der Waals surface area contributed by atoms with E-state index in [2.05, 4.69) is 72.6 Å². The van der Waals surface area contributed by atoms with Crippen molar-refractivity contribution in [1.82, 2.24) is 9.38 Å². The van der Waals surface area contributed by atoms with Crippen LogP contribution in [-0.4, -0.2) is 9.38 Å². The maximum Gasteiger partial charge on any atom is 0.145 e. The highest BCUT2D eigenvalue weighted by molar-refractivity contribution is 6.11. The number of fused-ring (bicyclic) bond motifs is 6. The summed E-state index contributed by atoms with van der Waals surface area (Å²) in [6, 6.07) is 15.4. The van der Waals surface area contributed by atoms with Gasteiger partial charge in [0, 0.05) is 23.2 Å². The Hall–Kier alpha value is -2.35. The Labute approximate surface area is 130 Å². The van der Waals surface area contributed by atoms with Crippen LogP contribution in [0.3, 0.4) is 0 Å².